The molecule has 0 radical (unpaired) electrons. The van der Waals surface area contributed by atoms with E-state index in [1.165, 1.54) is 0 Å². The summed E-state index contributed by atoms with van der Waals surface area (Å²) in [5.41, 5.74) is 2.35. The van der Waals surface area contributed by atoms with Crippen molar-refractivity contribution in [1.29, 1.82) is 0 Å². The minimum atomic E-state index is -0.469. The second kappa shape index (κ2) is 8.41. The molecule has 0 aliphatic carbocycles. The van der Waals surface area contributed by atoms with Gasteiger partial charge >= 0.3 is 0 Å². The van der Waals surface area contributed by atoms with Gasteiger partial charge in [0.05, 0.1) is 27.2 Å². The smallest absolute Gasteiger partial charge is 0.174 e. The fourth-order valence-electron chi connectivity index (χ4n) is 3.06. The van der Waals surface area contributed by atoms with Gasteiger partial charge in [0.25, 0.3) is 0 Å². The van der Waals surface area contributed by atoms with E-state index in [1.807, 2.05) is 48.5 Å². The summed E-state index contributed by atoms with van der Waals surface area (Å²) in [6.45, 7) is 0. The molecule has 0 amide bonds. The highest BCUT2D eigenvalue weighted by Gasteiger charge is 2.25. The average Bonchev–Trinajstić information content (AvgIpc) is 2.74. The van der Waals surface area contributed by atoms with Gasteiger partial charge in [-0.05, 0) is 59.7 Å². The Morgan fingerprint density at radius 1 is 0.667 bits per heavy atom. The molecule has 0 unspecified atom stereocenters. The topological polar surface area (TPSA) is 44.8 Å². The molecule has 3 rings (SSSR count). The molecule has 0 spiro atoms. The molecule has 0 aliphatic rings. The number of benzene rings is 3. The van der Waals surface area contributed by atoms with E-state index in [9.17, 15) is 4.79 Å². The first-order chi connectivity index (χ1) is 13.2. The fraction of sp³-hybridized carbons (Fsp3) is 0.174. The number of carbonyl (C=O) groups excluding carboxylic acids is 1. The highest BCUT2D eigenvalue weighted by Crippen LogP contribution is 2.32. The molecule has 0 saturated carbocycles. The summed E-state index contributed by atoms with van der Waals surface area (Å²) in [4.78, 5) is 13.4. The van der Waals surface area contributed by atoms with Crippen molar-refractivity contribution in [2.45, 2.75) is 5.92 Å². The minimum Gasteiger partial charge on any atom is -0.497 e. The molecule has 138 valence electrons. The van der Waals surface area contributed by atoms with Crippen LogP contribution in [0.1, 0.15) is 27.4 Å². The molecule has 0 heterocycles. The standard InChI is InChI=1S/C23H22O4/c1-25-19-12-10-16(11-13-19)23(24)22(17-6-4-8-20(14-17)26-2)18-7-5-9-21(15-18)27-3/h4-15,22H,1-3H3. The molecular weight excluding hydrogens is 340 g/mol. The predicted molar refractivity (Wildman–Crippen MR) is 105 cm³/mol. The number of carbonyl (C=O) groups is 1. The highest BCUT2D eigenvalue weighted by atomic mass is 16.5. The van der Waals surface area contributed by atoms with Crippen molar-refractivity contribution in [1.82, 2.24) is 0 Å². The van der Waals surface area contributed by atoms with E-state index in [1.54, 1.807) is 45.6 Å². The van der Waals surface area contributed by atoms with Crippen LogP contribution in [0.25, 0.3) is 0 Å². The van der Waals surface area contributed by atoms with Gasteiger partial charge in [-0.25, -0.2) is 0 Å². The lowest BCUT2D eigenvalue weighted by Gasteiger charge is -2.19. The quantitative estimate of drug-likeness (QED) is 0.570. The van der Waals surface area contributed by atoms with E-state index in [0.717, 1.165) is 11.1 Å². The Labute approximate surface area is 159 Å². The van der Waals surface area contributed by atoms with Gasteiger partial charge in [-0.1, -0.05) is 24.3 Å². The lowest BCUT2D eigenvalue weighted by atomic mass is 9.84. The normalized spacial score (nSPS) is 10.5. The number of methoxy groups -OCH3 is 3. The maximum Gasteiger partial charge on any atom is 0.174 e. The van der Waals surface area contributed by atoms with Crippen LogP contribution in [0.3, 0.4) is 0 Å². The maximum absolute atomic E-state index is 13.4. The average molecular weight is 362 g/mol. The van der Waals surface area contributed by atoms with Gasteiger partial charge < -0.3 is 14.2 Å². The van der Waals surface area contributed by atoms with Crippen LogP contribution in [-0.4, -0.2) is 27.1 Å². The Morgan fingerprint density at radius 3 is 1.59 bits per heavy atom. The van der Waals surface area contributed by atoms with Gasteiger partial charge in [-0.15, -0.1) is 0 Å². The molecule has 0 fully saturated rings. The number of rotatable bonds is 7. The van der Waals surface area contributed by atoms with Gasteiger partial charge in [0.15, 0.2) is 5.78 Å². The molecule has 0 saturated heterocycles. The van der Waals surface area contributed by atoms with Crippen LogP contribution in [0.4, 0.5) is 0 Å². The first kappa shape index (κ1) is 18.5. The van der Waals surface area contributed by atoms with Crippen molar-refractivity contribution < 1.29 is 19.0 Å². The Balaban J connectivity index is 2.09. The van der Waals surface area contributed by atoms with E-state index in [0.29, 0.717) is 22.8 Å². The third kappa shape index (κ3) is 4.11. The van der Waals surface area contributed by atoms with Crippen molar-refractivity contribution in [3.63, 3.8) is 0 Å². The highest BCUT2D eigenvalue weighted by molar-refractivity contribution is 6.03. The first-order valence-corrected chi connectivity index (χ1v) is 8.62. The molecular formula is C23H22O4. The minimum absolute atomic E-state index is 0.000779. The van der Waals surface area contributed by atoms with Crippen LogP contribution in [0.15, 0.2) is 72.8 Å². The number of hydrogen-bond acceptors (Lipinski definition) is 4. The van der Waals surface area contributed by atoms with Crippen LogP contribution >= 0.6 is 0 Å². The van der Waals surface area contributed by atoms with Crippen LogP contribution in [-0.2, 0) is 0 Å². The summed E-state index contributed by atoms with van der Waals surface area (Å²) in [6.07, 6.45) is 0. The van der Waals surface area contributed by atoms with E-state index in [4.69, 9.17) is 14.2 Å². The van der Waals surface area contributed by atoms with Crippen molar-refractivity contribution in [2.24, 2.45) is 0 Å². The predicted octanol–water partition coefficient (Wildman–Crippen LogP) is 4.73. The maximum atomic E-state index is 13.4. The second-order valence-electron chi connectivity index (χ2n) is 6.08. The summed E-state index contributed by atoms with van der Waals surface area (Å²) in [7, 11) is 4.84. The Kier molecular flexibility index (Phi) is 5.77. The zero-order valence-corrected chi connectivity index (χ0v) is 15.6. The lowest BCUT2D eigenvalue weighted by Crippen LogP contribution is -2.15. The molecule has 0 atom stereocenters. The van der Waals surface area contributed by atoms with Crippen LogP contribution in [0, 0.1) is 0 Å². The lowest BCUT2D eigenvalue weighted by molar-refractivity contribution is 0.0974. The van der Waals surface area contributed by atoms with E-state index >= 15 is 0 Å². The second-order valence-corrected chi connectivity index (χ2v) is 6.08. The van der Waals surface area contributed by atoms with E-state index < -0.39 is 5.92 Å². The summed E-state index contributed by atoms with van der Waals surface area (Å²) in [6, 6.07) is 22.3. The van der Waals surface area contributed by atoms with Crippen LogP contribution in [0.2, 0.25) is 0 Å². The molecule has 0 bridgehead atoms. The van der Waals surface area contributed by atoms with E-state index in [-0.39, 0.29) is 5.78 Å². The number of Topliss-reactive ketones (excluding diaryl/α,β-unsaturated/α-hetero) is 1. The zero-order valence-electron chi connectivity index (χ0n) is 15.6. The molecule has 0 aromatic heterocycles. The summed E-state index contributed by atoms with van der Waals surface area (Å²) in [5, 5.41) is 0. The Hall–Kier alpha value is -3.27. The monoisotopic (exact) mass is 362 g/mol. The van der Waals surface area contributed by atoms with Crippen molar-refractivity contribution in [3.8, 4) is 17.2 Å². The van der Waals surface area contributed by atoms with Crippen LogP contribution < -0.4 is 14.2 Å². The first-order valence-electron chi connectivity index (χ1n) is 8.62. The molecule has 3 aromatic carbocycles. The van der Waals surface area contributed by atoms with Crippen molar-refractivity contribution >= 4 is 5.78 Å². The molecule has 27 heavy (non-hydrogen) atoms. The SMILES string of the molecule is COc1ccc(C(=O)C(c2cccc(OC)c2)c2cccc(OC)c2)cc1. The number of ether oxygens (including phenoxy) is 3. The largest absolute Gasteiger partial charge is 0.497 e. The fourth-order valence-corrected chi connectivity index (χ4v) is 3.06. The molecule has 0 N–H and O–H groups in total. The van der Waals surface area contributed by atoms with Gasteiger partial charge in [0.1, 0.15) is 17.2 Å². The summed E-state index contributed by atoms with van der Waals surface area (Å²) in [5.74, 6) is 1.67. The summed E-state index contributed by atoms with van der Waals surface area (Å²) < 4.78 is 15.9. The van der Waals surface area contributed by atoms with Gasteiger partial charge in [-0.2, -0.15) is 0 Å². The number of ketones is 1. The Bertz CT molecular complexity index is 868. The van der Waals surface area contributed by atoms with E-state index in [2.05, 4.69) is 0 Å². The third-order valence-electron chi connectivity index (χ3n) is 4.49. The molecule has 4 nitrogen and oxygen atoms in total. The van der Waals surface area contributed by atoms with Crippen LogP contribution in [0.5, 0.6) is 17.2 Å². The molecule has 0 aliphatic heterocycles. The van der Waals surface area contributed by atoms with Crippen molar-refractivity contribution in [3.05, 3.63) is 89.5 Å². The third-order valence-corrected chi connectivity index (χ3v) is 4.49. The van der Waals surface area contributed by atoms with Gasteiger partial charge in [-0.3, -0.25) is 4.79 Å². The zero-order chi connectivity index (χ0) is 19.2. The van der Waals surface area contributed by atoms with Gasteiger partial charge in [0.2, 0.25) is 0 Å². The van der Waals surface area contributed by atoms with Crippen molar-refractivity contribution in [2.75, 3.05) is 21.3 Å². The molecule has 4 heteroatoms. The molecule has 3 aromatic rings. The Morgan fingerprint density at radius 2 is 1.15 bits per heavy atom. The van der Waals surface area contributed by atoms with Gasteiger partial charge in [0, 0.05) is 5.56 Å². The number of hydrogen-bond donors (Lipinski definition) is 0. The summed E-state index contributed by atoms with van der Waals surface area (Å²) >= 11 is 0.